The summed E-state index contributed by atoms with van der Waals surface area (Å²) in [7, 11) is 0. The molecule has 40 heavy (non-hydrogen) atoms. The largest absolute Gasteiger partial charge is 0.417 e. The number of alkyl halides is 6. The minimum atomic E-state index is -5.18. The fraction of sp³-hybridized carbons (Fsp3) is 0.133. The van der Waals surface area contributed by atoms with Crippen LogP contribution < -0.4 is 10.6 Å². The normalized spacial score (nSPS) is 11.7. The highest BCUT2D eigenvalue weighted by Crippen LogP contribution is 2.46. The van der Waals surface area contributed by atoms with Crippen molar-refractivity contribution in [2.45, 2.75) is 26.2 Å². The van der Waals surface area contributed by atoms with Gasteiger partial charge in [-0.3, -0.25) is 9.59 Å². The molecule has 4 aromatic rings. The molecule has 4 nitrogen and oxygen atoms in total. The van der Waals surface area contributed by atoms with Crippen LogP contribution in [0.1, 0.15) is 43.0 Å². The number of benzene rings is 4. The first-order valence-electron chi connectivity index (χ1n) is 11.9. The lowest BCUT2D eigenvalue weighted by Gasteiger charge is -2.21. The highest BCUT2D eigenvalue weighted by molar-refractivity contribution is 6.05. The van der Waals surface area contributed by atoms with Gasteiger partial charge in [0.05, 0.1) is 11.1 Å². The van der Waals surface area contributed by atoms with Gasteiger partial charge in [0.1, 0.15) is 0 Å². The second-order valence-corrected chi connectivity index (χ2v) is 9.16. The molecule has 4 rings (SSSR count). The van der Waals surface area contributed by atoms with Gasteiger partial charge in [-0.2, -0.15) is 26.3 Å². The molecule has 0 radical (unpaired) electrons. The van der Waals surface area contributed by atoms with E-state index in [1.165, 1.54) is 24.3 Å². The van der Waals surface area contributed by atoms with Gasteiger partial charge in [-0.15, -0.1) is 0 Å². The standard InChI is InChI=1S/C30H22F6N2O2/c1-17-3-7-20(8-4-17)27(39)37-22-13-11-19(12-14-22)26-24(29(31,32)33)15-23(16-25(26)30(34,35)36)38-28(40)21-9-5-18(2)6-10-21/h3-16H,1-2H3,(H,37,39)(H,38,40). The van der Waals surface area contributed by atoms with E-state index in [1.807, 2.05) is 6.92 Å². The topological polar surface area (TPSA) is 58.2 Å². The minimum absolute atomic E-state index is 0.0695. The van der Waals surface area contributed by atoms with E-state index < -0.39 is 46.5 Å². The van der Waals surface area contributed by atoms with Crippen LogP contribution in [0.2, 0.25) is 0 Å². The number of aryl methyl sites for hydroxylation is 2. The van der Waals surface area contributed by atoms with E-state index in [2.05, 4.69) is 10.6 Å². The van der Waals surface area contributed by atoms with E-state index in [9.17, 15) is 35.9 Å². The van der Waals surface area contributed by atoms with Gasteiger partial charge in [0.2, 0.25) is 0 Å². The van der Waals surface area contributed by atoms with E-state index in [1.54, 1.807) is 43.3 Å². The summed E-state index contributed by atoms with van der Waals surface area (Å²) in [4.78, 5) is 25.0. The van der Waals surface area contributed by atoms with Crippen LogP contribution in [-0.4, -0.2) is 11.8 Å². The van der Waals surface area contributed by atoms with Crippen molar-refractivity contribution in [1.82, 2.24) is 0 Å². The zero-order valence-electron chi connectivity index (χ0n) is 21.2. The van der Waals surface area contributed by atoms with Crippen molar-refractivity contribution >= 4 is 23.2 Å². The van der Waals surface area contributed by atoms with Crippen LogP contribution in [0.25, 0.3) is 11.1 Å². The van der Waals surface area contributed by atoms with E-state index in [0.717, 1.165) is 23.3 Å². The summed E-state index contributed by atoms with van der Waals surface area (Å²) in [6, 6.07) is 18.1. The second-order valence-electron chi connectivity index (χ2n) is 9.16. The number of rotatable bonds is 5. The molecule has 0 aliphatic heterocycles. The van der Waals surface area contributed by atoms with Crippen LogP contribution in [0.4, 0.5) is 37.7 Å². The Hall–Kier alpha value is -4.60. The first-order valence-corrected chi connectivity index (χ1v) is 11.9. The smallest absolute Gasteiger partial charge is 0.322 e. The van der Waals surface area contributed by atoms with Crippen LogP contribution >= 0.6 is 0 Å². The molecular formula is C30H22F6N2O2. The first-order chi connectivity index (χ1) is 18.7. The van der Waals surface area contributed by atoms with Crippen molar-refractivity contribution < 1.29 is 35.9 Å². The molecule has 2 amide bonds. The quantitative estimate of drug-likeness (QED) is 0.242. The lowest BCUT2D eigenvalue weighted by atomic mass is 9.92. The average Bonchev–Trinajstić information content (AvgIpc) is 2.88. The number of hydrogen-bond acceptors (Lipinski definition) is 2. The molecule has 0 unspecified atom stereocenters. The Balaban J connectivity index is 1.72. The number of anilines is 2. The first kappa shape index (κ1) is 28.4. The predicted octanol–water partition coefficient (Wildman–Crippen LogP) is 8.51. The summed E-state index contributed by atoms with van der Waals surface area (Å²) >= 11 is 0. The van der Waals surface area contributed by atoms with Crippen LogP contribution in [0.5, 0.6) is 0 Å². The molecule has 0 heterocycles. The van der Waals surface area contributed by atoms with E-state index in [-0.39, 0.29) is 16.8 Å². The molecule has 0 bridgehead atoms. The molecule has 0 aliphatic carbocycles. The Morgan fingerprint density at radius 1 is 0.550 bits per heavy atom. The number of carbonyl (C=O) groups is 2. The summed E-state index contributed by atoms with van der Waals surface area (Å²) in [5, 5.41) is 4.71. The number of nitrogens with one attached hydrogen (secondary N) is 2. The van der Waals surface area contributed by atoms with Crippen LogP contribution in [0, 0.1) is 13.8 Å². The Bertz CT molecular complexity index is 1510. The molecule has 0 aliphatic rings. The fourth-order valence-corrected chi connectivity index (χ4v) is 4.01. The van der Waals surface area contributed by atoms with Crippen LogP contribution in [0.15, 0.2) is 84.9 Å². The Kier molecular flexibility index (Phi) is 7.72. The summed E-state index contributed by atoms with van der Waals surface area (Å²) < 4.78 is 84.7. The van der Waals surface area contributed by atoms with Crippen molar-refractivity contribution in [1.29, 1.82) is 0 Å². The molecule has 0 aromatic heterocycles. The van der Waals surface area contributed by atoms with Gasteiger partial charge >= 0.3 is 12.4 Å². The molecule has 2 N–H and O–H groups in total. The molecule has 206 valence electrons. The van der Waals surface area contributed by atoms with Gasteiger partial charge in [0, 0.05) is 28.1 Å². The maximum atomic E-state index is 14.1. The summed E-state index contributed by atoms with van der Waals surface area (Å²) in [5.74, 6) is -1.35. The van der Waals surface area contributed by atoms with Gasteiger partial charge in [-0.05, 0) is 67.9 Å². The maximum absolute atomic E-state index is 14.1. The maximum Gasteiger partial charge on any atom is 0.417 e. The molecular weight excluding hydrogens is 534 g/mol. The summed E-state index contributed by atoms with van der Waals surface area (Å²) in [6.07, 6.45) is -10.4. The molecule has 4 aromatic carbocycles. The Labute approximate surface area is 225 Å². The van der Waals surface area contributed by atoms with Gasteiger partial charge in [0.25, 0.3) is 11.8 Å². The average molecular weight is 557 g/mol. The molecule has 0 atom stereocenters. The molecule has 0 saturated heterocycles. The second kappa shape index (κ2) is 10.9. The van der Waals surface area contributed by atoms with Crippen molar-refractivity contribution in [2.24, 2.45) is 0 Å². The summed E-state index contributed by atoms with van der Waals surface area (Å²) in [5.41, 5.74) is -2.93. The Morgan fingerprint density at radius 2 is 0.925 bits per heavy atom. The van der Waals surface area contributed by atoms with Crippen molar-refractivity contribution in [3.63, 3.8) is 0 Å². The highest BCUT2D eigenvalue weighted by Gasteiger charge is 2.42. The van der Waals surface area contributed by atoms with Gasteiger partial charge in [0.15, 0.2) is 0 Å². The third kappa shape index (κ3) is 6.51. The van der Waals surface area contributed by atoms with Crippen molar-refractivity contribution in [3.05, 3.63) is 118 Å². The van der Waals surface area contributed by atoms with Crippen molar-refractivity contribution in [3.8, 4) is 11.1 Å². The minimum Gasteiger partial charge on any atom is -0.322 e. The van der Waals surface area contributed by atoms with E-state index in [4.69, 9.17) is 0 Å². The zero-order chi connectivity index (χ0) is 29.2. The van der Waals surface area contributed by atoms with Crippen molar-refractivity contribution in [2.75, 3.05) is 10.6 Å². The third-order valence-electron chi connectivity index (χ3n) is 6.07. The molecule has 0 saturated carbocycles. The zero-order valence-corrected chi connectivity index (χ0v) is 21.2. The van der Waals surface area contributed by atoms with Gasteiger partial charge in [-0.25, -0.2) is 0 Å². The molecule has 10 heteroatoms. The third-order valence-corrected chi connectivity index (χ3v) is 6.07. The predicted molar refractivity (Wildman–Crippen MR) is 140 cm³/mol. The lowest BCUT2D eigenvalue weighted by molar-refractivity contribution is -0.142. The SMILES string of the molecule is Cc1ccc(C(=O)Nc2ccc(-c3c(C(F)(F)F)cc(NC(=O)c4ccc(C)cc4)cc3C(F)(F)F)cc2)cc1. The van der Waals surface area contributed by atoms with E-state index >= 15 is 0 Å². The highest BCUT2D eigenvalue weighted by atomic mass is 19.4. The van der Waals surface area contributed by atoms with Crippen LogP contribution in [-0.2, 0) is 12.4 Å². The number of halogens is 6. The molecule has 0 fully saturated rings. The Morgan fingerprint density at radius 3 is 1.30 bits per heavy atom. The lowest BCUT2D eigenvalue weighted by Crippen LogP contribution is -2.18. The number of hydrogen-bond donors (Lipinski definition) is 2. The monoisotopic (exact) mass is 556 g/mol. The number of amides is 2. The fourth-order valence-electron chi connectivity index (χ4n) is 4.01. The van der Waals surface area contributed by atoms with Crippen LogP contribution in [0.3, 0.4) is 0 Å². The van der Waals surface area contributed by atoms with E-state index in [0.29, 0.717) is 17.7 Å². The van der Waals surface area contributed by atoms with Gasteiger partial charge in [-0.1, -0.05) is 47.5 Å². The number of carbonyl (C=O) groups excluding carboxylic acids is 2. The van der Waals surface area contributed by atoms with Gasteiger partial charge < -0.3 is 10.6 Å². The molecule has 0 spiro atoms. The summed E-state index contributed by atoms with van der Waals surface area (Å²) in [6.45, 7) is 3.60.